The summed E-state index contributed by atoms with van der Waals surface area (Å²) in [4.78, 5) is 27.9. The number of hydrazone groups is 1. The van der Waals surface area contributed by atoms with E-state index >= 15 is 0 Å². The number of carbonyl (C=O) groups excluding carboxylic acids is 2. The molecule has 2 aromatic rings. The van der Waals surface area contributed by atoms with Gasteiger partial charge in [0.1, 0.15) is 11.5 Å². The predicted molar refractivity (Wildman–Crippen MR) is 95.2 cm³/mol. The molecule has 1 aliphatic rings. The quantitative estimate of drug-likeness (QED) is 0.890. The summed E-state index contributed by atoms with van der Waals surface area (Å²) in [5, 5.41) is 5.15. The van der Waals surface area contributed by atoms with E-state index in [1.165, 1.54) is 19.2 Å². The summed E-state index contributed by atoms with van der Waals surface area (Å²) in [6, 6.07) is 8.17. The van der Waals surface area contributed by atoms with E-state index in [9.17, 15) is 14.0 Å². The summed E-state index contributed by atoms with van der Waals surface area (Å²) in [5.41, 5.74) is 7.63. The zero-order chi connectivity index (χ0) is 18.8. The van der Waals surface area contributed by atoms with E-state index in [2.05, 4.69) is 10.1 Å². The van der Waals surface area contributed by atoms with Crippen LogP contribution in [0.5, 0.6) is 0 Å². The van der Waals surface area contributed by atoms with Crippen molar-refractivity contribution in [1.29, 1.82) is 0 Å². The SMILES string of the molecule is CN1N=C(C(N)=O)C(c2ccc(Cc3ccc(Cl)c(F)c3)cn2)CC1=O. The van der Waals surface area contributed by atoms with Crippen molar-refractivity contribution in [1.82, 2.24) is 9.99 Å². The van der Waals surface area contributed by atoms with Gasteiger partial charge in [-0.1, -0.05) is 23.7 Å². The molecule has 1 unspecified atom stereocenters. The second kappa shape index (κ2) is 7.21. The highest BCUT2D eigenvalue weighted by Gasteiger charge is 2.32. The van der Waals surface area contributed by atoms with Gasteiger partial charge in [-0.3, -0.25) is 14.6 Å². The van der Waals surface area contributed by atoms with Crippen molar-refractivity contribution in [2.45, 2.75) is 18.8 Å². The van der Waals surface area contributed by atoms with Crippen molar-refractivity contribution < 1.29 is 14.0 Å². The highest BCUT2D eigenvalue weighted by molar-refractivity contribution is 6.41. The Labute approximate surface area is 154 Å². The summed E-state index contributed by atoms with van der Waals surface area (Å²) in [6.07, 6.45) is 2.18. The van der Waals surface area contributed by atoms with Crippen LogP contribution in [-0.4, -0.2) is 34.6 Å². The fraction of sp³-hybridized carbons (Fsp3) is 0.222. The molecule has 0 spiro atoms. The molecule has 1 aromatic carbocycles. The van der Waals surface area contributed by atoms with Crippen LogP contribution in [0.2, 0.25) is 5.02 Å². The van der Waals surface area contributed by atoms with Crippen LogP contribution in [0.15, 0.2) is 41.6 Å². The molecule has 3 rings (SSSR count). The number of benzene rings is 1. The molecule has 2 amide bonds. The highest BCUT2D eigenvalue weighted by Crippen LogP contribution is 2.25. The topological polar surface area (TPSA) is 88.7 Å². The molecule has 0 radical (unpaired) electrons. The molecule has 8 heteroatoms. The number of nitrogens with two attached hydrogens (primary N) is 1. The lowest BCUT2D eigenvalue weighted by Gasteiger charge is -2.25. The first kappa shape index (κ1) is 18.0. The van der Waals surface area contributed by atoms with Crippen molar-refractivity contribution >= 4 is 29.1 Å². The molecule has 1 aromatic heterocycles. The second-order valence-electron chi connectivity index (χ2n) is 6.04. The third-order valence-electron chi connectivity index (χ3n) is 4.18. The van der Waals surface area contributed by atoms with Gasteiger partial charge in [-0.25, -0.2) is 9.40 Å². The molecule has 2 heterocycles. The monoisotopic (exact) mass is 374 g/mol. The first-order valence-corrected chi connectivity index (χ1v) is 8.26. The third kappa shape index (κ3) is 3.72. The van der Waals surface area contributed by atoms with E-state index in [4.69, 9.17) is 17.3 Å². The van der Waals surface area contributed by atoms with Crippen molar-refractivity contribution in [2.24, 2.45) is 10.8 Å². The van der Waals surface area contributed by atoms with Gasteiger partial charge in [0.05, 0.1) is 16.6 Å². The smallest absolute Gasteiger partial charge is 0.265 e. The van der Waals surface area contributed by atoms with Gasteiger partial charge in [0.2, 0.25) is 5.91 Å². The maximum absolute atomic E-state index is 13.5. The van der Waals surface area contributed by atoms with Crippen LogP contribution in [0.3, 0.4) is 0 Å². The number of nitrogens with zero attached hydrogens (tertiary/aromatic N) is 3. The maximum atomic E-state index is 13.5. The van der Waals surface area contributed by atoms with Crippen molar-refractivity contribution in [3.8, 4) is 0 Å². The van der Waals surface area contributed by atoms with Gasteiger partial charge in [0.25, 0.3) is 5.91 Å². The molecule has 1 aliphatic heterocycles. The first-order valence-electron chi connectivity index (χ1n) is 7.88. The molecule has 0 bridgehead atoms. The Morgan fingerprint density at radius 1 is 1.35 bits per heavy atom. The maximum Gasteiger partial charge on any atom is 0.265 e. The molecule has 26 heavy (non-hydrogen) atoms. The fourth-order valence-corrected chi connectivity index (χ4v) is 2.91. The van der Waals surface area contributed by atoms with Gasteiger partial charge >= 0.3 is 0 Å². The summed E-state index contributed by atoms with van der Waals surface area (Å²) in [6.45, 7) is 0. The molecule has 6 nitrogen and oxygen atoms in total. The molecule has 134 valence electrons. The Kier molecular flexibility index (Phi) is 4.99. The number of hydrogen-bond donors (Lipinski definition) is 1. The highest BCUT2D eigenvalue weighted by atomic mass is 35.5. The minimum atomic E-state index is -0.683. The lowest BCUT2D eigenvalue weighted by atomic mass is 9.92. The van der Waals surface area contributed by atoms with Gasteiger partial charge in [0, 0.05) is 19.7 Å². The Balaban J connectivity index is 1.82. The third-order valence-corrected chi connectivity index (χ3v) is 4.48. The van der Waals surface area contributed by atoms with E-state index in [0.29, 0.717) is 12.1 Å². The standard InChI is InChI=1S/C18H16ClFN4O2/c1-24-16(25)8-12(17(23-24)18(21)26)15-5-3-11(9-22-15)6-10-2-4-13(19)14(20)7-10/h2-5,7,9,12H,6,8H2,1H3,(H2,21,26). The van der Waals surface area contributed by atoms with E-state index in [-0.39, 0.29) is 23.1 Å². The van der Waals surface area contributed by atoms with Crippen LogP contribution >= 0.6 is 11.6 Å². The van der Waals surface area contributed by atoms with Gasteiger partial charge < -0.3 is 5.73 Å². The fourth-order valence-electron chi connectivity index (χ4n) is 2.79. The molecule has 2 N–H and O–H groups in total. The van der Waals surface area contributed by atoms with Crippen LogP contribution < -0.4 is 5.73 Å². The van der Waals surface area contributed by atoms with E-state index in [0.717, 1.165) is 16.1 Å². The summed E-state index contributed by atoms with van der Waals surface area (Å²) < 4.78 is 13.5. The number of halogens is 2. The second-order valence-corrected chi connectivity index (χ2v) is 6.45. The average molecular weight is 375 g/mol. The van der Waals surface area contributed by atoms with E-state index in [1.807, 2.05) is 6.07 Å². The number of primary amides is 1. The zero-order valence-corrected chi connectivity index (χ0v) is 14.7. The average Bonchev–Trinajstić information content (AvgIpc) is 2.61. The predicted octanol–water partition coefficient (Wildman–Crippen LogP) is 2.25. The summed E-state index contributed by atoms with van der Waals surface area (Å²) in [5.74, 6) is -1.95. The summed E-state index contributed by atoms with van der Waals surface area (Å²) in [7, 11) is 1.48. The Hall–Kier alpha value is -2.80. The lowest BCUT2D eigenvalue weighted by Crippen LogP contribution is -2.39. The van der Waals surface area contributed by atoms with Gasteiger partial charge in [-0.2, -0.15) is 5.10 Å². The van der Waals surface area contributed by atoms with E-state index in [1.54, 1.807) is 18.3 Å². The van der Waals surface area contributed by atoms with Crippen LogP contribution in [0, 0.1) is 5.82 Å². The minimum Gasteiger partial charge on any atom is -0.364 e. The largest absolute Gasteiger partial charge is 0.364 e. The normalized spacial score (nSPS) is 17.2. The lowest BCUT2D eigenvalue weighted by molar-refractivity contribution is -0.130. The van der Waals surface area contributed by atoms with Crippen molar-refractivity contribution in [2.75, 3.05) is 7.05 Å². The number of pyridine rings is 1. The molecular weight excluding hydrogens is 359 g/mol. The van der Waals surface area contributed by atoms with Crippen molar-refractivity contribution in [3.63, 3.8) is 0 Å². The molecule has 0 saturated heterocycles. The van der Waals surface area contributed by atoms with E-state index < -0.39 is 17.6 Å². The molecule has 0 fully saturated rings. The molecular formula is C18H16ClFN4O2. The van der Waals surface area contributed by atoms with Crippen molar-refractivity contribution in [3.05, 3.63) is 64.2 Å². The number of rotatable bonds is 4. The number of carbonyl (C=O) groups is 2. The van der Waals surface area contributed by atoms with Gasteiger partial charge in [-0.15, -0.1) is 0 Å². The molecule has 0 aliphatic carbocycles. The van der Waals surface area contributed by atoms with Gasteiger partial charge in [-0.05, 0) is 35.7 Å². The number of amides is 2. The van der Waals surface area contributed by atoms with Crippen LogP contribution in [0.1, 0.15) is 29.2 Å². The number of aromatic nitrogens is 1. The Morgan fingerprint density at radius 3 is 2.69 bits per heavy atom. The Bertz CT molecular complexity index is 899. The van der Waals surface area contributed by atoms with Crippen LogP contribution in [0.4, 0.5) is 4.39 Å². The molecule has 0 saturated carbocycles. The van der Waals surface area contributed by atoms with Gasteiger partial charge in [0.15, 0.2) is 0 Å². The minimum absolute atomic E-state index is 0.0763. The molecule has 1 atom stereocenters. The summed E-state index contributed by atoms with van der Waals surface area (Å²) >= 11 is 5.68. The number of hydrogen-bond acceptors (Lipinski definition) is 4. The Morgan fingerprint density at radius 2 is 2.08 bits per heavy atom. The first-order chi connectivity index (χ1) is 12.3. The zero-order valence-electron chi connectivity index (χ0n) is 13.9. The van der Waals surface area contributed by atoms with Crippen LogP contribution in [0.25, 0.3) is 0 Å². The van der Waals surface area contributed by atoms with Crippen LogP contribution in [-0.2, 0) is 16.0 Å².